The van der Waals surface area contributed by atoms with Crippen LogP contribution in [0.1, 0.15) is 40.0 Å². The van der Waals surface area contributed by atoms with E-state index in [1.165, 1.54) is 24.8 Å². The minimum Gasteiger partial charge on any atom is -0.0985 e. The van der Waals surface area contributed by atoms with Crippen molar-refractivity contribution in [3.8, 4) is 0 Å². The molecule has 0 saturated carbocycles. The van der Waals surface area contributed by atoms with Gasteiger partial charge in [-0.1, -0.05) is 51.2 Å². The van der Waals surface area contributed by atoms with E-state index in [0.29, 0.717) is 0 Å². The maximum atomic E-state index is 3.77. The highest BCUT2D eigenvalue weighted by Gasteiger charge is 2.01. The Morgan fingerprint density at radius 1 is 1.50 bits per heavy atom. The zero-order chi connectivity index (χ0) is 9.40. The second-order valence-electron chi connectivity index (χ2n) is 2.56. The molecule has 0 aliphatic heterocycles. The number of rotatable bonds is 2. The first-order valence-electron chi connectivity index (χ1n) is 4.89. The van der Waals surface area contributed by atoms with Gasteiger partial charge < -0.3 is 0 Å². The first-order valence-corrected chi connectivity index (χ1v) is 4.89. The molecule has 1 rings (SSSR count). The van der Waals surface area contributed by atoms with Crippen LogP contribution in [0.4, 0.5) is 0 Å². The lowest BCUT2D eigenvalue weighted by molar-refractivity contribution is 0.883. The van der Waals surface area contributed by atoms with E-state index in [1.54, 1.807) is 5.57 Å². The van der Waals surface area contributed by atoms with Gasteiger partial charge in [-0.05, 0) is 24.8 Å². The van der Waals surface area contributed by atoms with Crippen molar-refractivity contribution in [3.05, 3.63) is 36.0 Å². The summed E-state index contributed by atoms with van der Waals surface area (Å²) in [5.41, 5.74) is 2.89. The molecule has 0 aromatic heterocycles. The van der Waals surface area contributed by atoms with E-state index in [1.807, 2.05) is 19.9 Å². The minimum absolute atomic E-state index is 1.17. The zero-order valence-corrected chi connectivity index (χ0v) is 8.56. The molecule has 0 N–H and O–H groups in total. The minimum atomic E-state index is 1.17. The summed E-state index contributed by atoms with van der Waals surface area (Å²) in [6.45, 7) is 9.98. The maximum absolute atomic E-state index is 3.77. The lowest BCUT2D eigenvalue weighted by Gasteiger charge is -2.10. The Hall–Kier alpha value is -0.780. The van der Waals surface area contributed by atoms with Crippen molar-refractivity contribution in [1.29, 1.82) is 0 Å². The topological polar surface area (TPSA) is 0 Å². The monoisotopic (exact) mass is 164 g/mol. The van der Waals surface area contributed by atoms with Crippen LogP contribution in [0.25, 0.3) is 0 Å². The highest BCUT2D eigenvalue weighted by atomic mass is 14.1. The normalized spacial score (nSPS) is 15.2. The Kier molecular flexibility index (Phi) is 6.45. The number of hydrogen-bond donors (Lipinski definition) is 0. The molecule has 0 fully saturated rings. The summed E-state index contributed by atoms with van der Waals surface area (Å²) in [6, 6.07) is 0. The predicted molar refractivity (Wildman–Crippen MR) is 57.2 cm³/mol. The summed E-state index contributed by atoms with van der Waals surface area (Å²) in [4.78, 5) is 0. The average molecular weight is 164 g/mol. The molecule has 1 aliphatic carbocycles. The fourth-order valence-electron chi connectivity index (χ4n) is 1.32. The Morgan fingerprint density at radius 3 is 2.58 bits per heavy atom. The van der Waals surface area contributed by atoms with Crippen molar-refractivity contribution < 1.29 is 0 Å². The third-order valence-electron chi connectivity index (χ3n) is 1.97. The molecular weight excluding hydrogens is 144 g/mol. The van der Waals surface area contributed by atoms with Gasteiger partial charge >= 0.3 is 0 Å². The largest absolute Gasteiger partial charge is 0.0985 e. The van der Waals surface area contributed by atoms with Crippen LogP contribution < -0.4 is 0 Å². The molecule has 12 heavy (non-hydrogen) atoms. The molecule has 0 heteroatoms. The van der Waals surface area contributed by atoms with Crippen LogP contribution in [0.5, 0.6) is 0 Å². The summed E-state index contributed by atoms with van der Waals surface area (Å²) in [5.74, 6) is 0. The van der Waals surface area contributed by atoms with Crippen molar-refractivity contribution in [2.24, 2.45) is 0 Å². The Labute approximate surface area is 76.7 Å². The van der Waals surface area contributed by atoms with E-state index in [0.717, 1.165) is 0 Å². The summed E-state index contributed by atoms with van der Waals surface area (Å²) in [6.07, 6.45) is 9.96. The molecule has 0 unspecified atom stereocenters. The summed E-state index contributed by atoms with van der Waals surface area (Å²) >= 11 is 0. The smallest absolute Gasteiger partial charge is 0.0274 e. The van der Waals surface area contributed by atoms with Gasteiger partial charge in [0.25, 0.3) is 0 Å². The molecular formula is C12H20. The van der Waals surface area contributed by atoms with E-state index >= 15 is 0 Å². The van der Waals surface area contributed by atoms with E-state index in [9.17, 15) is 0 Å². The number of hydrogen-bond acceptors (Lipinski definition) is 0. The van der Waals surface area contributed by atoms with Crippen LogP contribution in [-0.4, -0.2) is 0 Å². The third kappa shape index (κ3) is 3.08. The first-order chi connectivity index (χ1) is 5.88. The van der Waals surface area contributed by atoms with E-state index in [4.69, 9.17) is 0 Å². The lowest BCUT2D eigenvalue weighted by atomic mass is 9.96. The van der Waals surface area contributed by atoms with Gasteiger partial charge in [-0.3, -0.25) is 0 Å². The third-order valence-corrected chi connectivity index (χ3v) is 1.97. The molecule has 0 aromatic rings. The highest BCUT2D eigenvalue weighted by molar-refractivity contribution is 5.36. The quantitative estimate of drug-likeness (QED) is 0.572. The molecule has 0 aromatic carbocycles. The molecule has 0 nitrogen and oxygen atoms in total. The van der Waals surface area contributed by atoms with Crippen LogP contribution in [0, 0.1) is 0 Å². The summed E-state index contributed by atoms with van der Waals surface area (Å²) in [7, 11) is 0. The second-order valence-corrected chi connectivity index (χ2v) is 2.56. The van der Waals surface area contributed by atoms with Crippen molar-refractivity contribution in [1.82, 2.24) is 0 Å². The van der Waals surface area contributed by atoms with Gasteiger partial charge in [0.15, 0.2) is 0 Å². The van der Waals surface area contributed by atoms with Gasteiger partial charge in [0.2, 0.25) is 0 Å². The van der Waals surface area contributed by atoms with Crippen LogP contribution in [0.15, 0.2) is 36.0 Å². The van der Waals surface area contributed by atoms with Crippen molar-refractivity contribution in [3.63, 3.8) is 0 Å². The van der Waals surface area contributed by atoms with Crippen molar-refractivity contribution in [2.75, 3.05) is 0 Å². The molecule has 0 radical (unpaired) electrons. The van der Waals surface area contributed by atoms with Crippen molar-refractivity contribution >= 4 is 0 Å². The Bertz CT molecular complexity index is 182. The SMILES string of the molecule is C=CC1=C(CC)CCC=C1.CC. The molecule has 0 spiro atoms. The lowest BCUT2D eigenvalue weighted by Crippen LogP contribution is -1.90. The van der Waals surface area contributed by atoms with Gasteiger partial charge in [-0.25, -0.2) is 0 Å². The highest BCUT2D eigenvalue weighted by Crippen LogP contribution is 2.21. The summed E-state index contributed by atoms with van der Waals surface area (Å²) in [5, 5.41) is 0. The average Bonchev–Trinajstić information content (AvgIpc) is 2.20. The number of allylic oxidation sites excluding steroid dienone is 5. The molecule has 1 aliphatic rings. The molecule has 0 heterocycles. The van der Waals surface area contributed by atoms with Gasteiger partial charge in [0.1, 0.15) is 0 Å². The Morgan fingerprint density at radius 2 is 2.17 bits per heavy atom. The van der Waals surface area contributed by atoms with Crippen LogP contribution in [0.3, 0.4) is 0 Å². The standard InChI is InChI=1S/C10H14.C2H6/c1-3-9-7-5-6-8-10(9)4-2;1-2/h3,5,7H,1,4,6,8H2,2H3;1-2H3. The van der Waals surface area contributed by atoms with Gasteiger partial charge in [0, 0.05) is 0 Å². The van der Waals surface area contributed by atoms with Crippen LogP contribution in [0.2, 0.25) is 0 Å². The first kappa shape index (κ1) is 11.2. The van der Waals surface area contributed by atoms with Crippen molar-refractivity contribution in [2.45, 2.75) is 40.0 Å². The molecule has 0 saturated heterocycles. The van der Waals surface area contributed by atoms with E-state index in [2.05, 4.69) is 25.7 Å². The molecule has 0 amide bonds. The fraction of sp³-hybridized carbons (Fsp3) is 0.500. The van der Waals surface area contributed by atoms with Gasteiger partial charge in [-0.15, -0.1) is 0 Å². The molecule has 0 bridgehead atoms. The van der Waals surface area contributed by atoms with Crippen LogP contribution >= 0.6 is 0 Å². The predicted octanol–water partition coefficient (Wildman–Crippen LogP) is 4.26. The zero-order valence-electron chi connectivity index (χ0n) is 8.56. The second kappa shape index (κ2) is 6.90. The molecule has 68 valence electrons. The summed E-state index contributed by atoms with van der Waals surface area (Å²) < 4.78 is 0. The fourth-order valence-corrected chi connectivity index (χ4v) is 1.32. The van der Waals surface area contributed by atoms with Crippen LogP contribution in [-0.2, 0) is 0 Å². The maximum Gasteiger partial charge on any atom is -0.0274 e. The van der Waals surface area contributed by atoms with E-state index in [-0.39, 0.29) is 0 Å². The van der Waals surface area contributed by atoms with Gasteiger partial charge in [-0.2, -0.15) is 0 Å². The Balaban J connectivity index is 0.000000561. The molecule has 0 atom stereocenters. The van der Waals surface area contributed by atoms with E-state index < -0.39 is 0 Å². The van der Waals surface area contributed by atoms with Gasteiger partial charge in [0.05, 0.1) is 0 Å².